The van der Waals surface area contributed by atoms with E-state index in [1.807, 2.05) is 6.92 Å². The van der Waals surface area contributed by atoms with Crippen LogP contribution in [-0.2, 0) is 4.74 Å². The fourth-order valence-corrected chi connectivity index (χ4v) is 2.68. The molecule has 0 aromatic heterocycles. The van der Waals surface area contributed by atoms with E-state index < -0.39 is 0 Å². The van der Waals surface area contributed by atoms with Gasteiger partial charge in [-0.2, -0.15) is 0 Å². The first kappa shape index (κ1) is 12.0. The van der Waals surface area contributed by atoms with Crippen molar-refractivity contribution in [3.63, 3.8) is 0 Å². The molecule has 3 atom stereocenters. The Bertz CT molecular complexity index is 149. The Morgan fingerprint density at radius 1 is 1.29 bits per heavy atom. The molecule has 2 heteroatoms. The normalized spacial score (nSPS) is 30.2. The third-order valence-electron chi connectivity index (χ3n) is 3.56. The fraction of sp³-hybridized carbons (Fsp3) is 1.00. The second kappa shape index (κ2) is 6.41. The van der Waals surface area contributed by atoms with Crippen LogP contribution in [0.3, 0.4) is 0 Å². The minimum Gasteiger partial charge on any atom is -0.380 e. The zero-order chi connectivity index (χ0) is 10.4. The van der Waals surface area contributed by atoms with Crippen molar-refractivity contribution in [2.24, 2.45) is 17.6 Å². The van der Waals surface area contributed by atoms with E-state index in [0.29, 0.717) is 5.92 Å². The zero-order valence-corrected chi connectivity index (χ0v) is 9.67. The smallest absolute Gasteiger partial charge is 0.0620 e. The van der Waals surface area contributed by atoms with Gasteiger partial charge in [-0.25, -0.2) is 0 Å². The highest BCUT2D eigenvalue weighted by atomic mass is 16.5. The van der Waals surface area contributed by atoms with Crippen molar-refractivity contribution in [1.29, 1.82) is 0 Å². The van der Waals surface area contributed by atoms with Gasteiger partial charge in [-0.1, -0.05) is 32.6 Å². The predicted molar refractivity (Wildman–Crippen MR) is 60.2 cm³/mol. The van der Waals surface area contributed by atoms with Crippen molar-refractivity contribution in [2.45, 2.75) is 52.0 Å². The first-order valence-electron chi connectivity index (χ1n) is 6.12. The lowest BCUT2D eigenvalue weighted by Crippen LogP contribution is -2.40. The Hall–Kier alpha value is -0.0800. The fourth-order valence-electron chi connectivity index (χ4n) is 2.68. The lowest BCUT2D eigenvalue weighted by molar-refractivity contribution is 0.0872. The molecule has 0 saturated heterocycles. The van der Waals surface area contributed by atoms with Gasteiger partial charge in [-0.05, 0) is 25.2 Å². The van der Waals surface area contributed by atoms with Gasteiger partial charge in [0.2, 0.25) is 0 Å². The first-order chi connectivity index (χ1) is 6.79. The van der Waals surface area contributed by atoms with Crippen molar-refractivity contribution < 1.29 is 4.74 Å². The Morgan fingerprint density at radius 3 is 2.64 bits per heavy atom. The standard InChI is InChI=1S/C12H25NO/c1-3-10-7-5-6-8-11(10)12(13)9-14-4-2/h10-12H,3-9,13H2,1-2H3. The van der Waals surface area contributed by atoms with Gasteiger partial charge < -0.3 is 10.5 Å². The lowest BCUT2D eigenvalue weighted by Gasteiger charge is -2.34. The van der Waals surface area contributed by atoms with Crippen molar-refractivity contribution in [3.05, 3.63) is 0 Å². The summed E-state index contributed by atoms with van der Waals surface area (Å²) in [6.45, 7) is 5.86. The van der Waals surface area contributed by atoms with Crippen LogP contribution in [0.25, 0.3) is 0 Å². The zero-order valence-electron chi connectivity index (χ0n) is 9.67. The molecule has 1 aliphatic rings. The van der Waals surface area contributed by atoms with Crippen LogP contribution in [0.4, 0.5) is 0 Å². The maximum atomic E-state index is 6.18. The molecule has 2 nitrogen and oxygen atoms in total. The van der Waals surface area contributed by atoms with Crippen LogP contribution in [0, 0.1) is 11.8 Å². The van der Waals surface area contributed by atoms with Crippen molar-refractivity contribution >= 4 is 0 Å². The van der Waals surface area contributed by atoms with Crippen LogP contribution < -0.4 is 5.73 Å². The highest BCUT2D eigenvalue weighted by Gasteiger charge is 2.28. The maximum absolute atomic E-state index is 6.18. The van der Waals surface area contributed by atoms with Gasteiger partial charge in [0.25, 0.3) is 0 Å². The van der Waals surface area contributed by atoms with E-state index in [4.69, 9.17) is 10.5 Å². The summed E-state index contributed by atoms with van der Waals surface area (Å²) in [5, 5.41) is 0. The van der Waals surface area contributed by atoms with Gasteiger partial charge in [-0.15, -0.1) is 0 Å². The lowest BCUT2D eigenvalue weighted by atomic mass is 9.74. The van der Waals surface area contributed by atoms with Gasteiger partial charge in [0, 0.05) is 12.6 Å². The van der Waals surface area contributed by atoms with E-state index >= 15 is 0 Å². The SMILES string of the molecule is CCOCC(N)C1CCCCC1CC. The molecular weight excluding hydrogens is 174 g/mol. The van der Waals surface area contributed by atoms with Crippen LogP contribution >= 0.6 is 0 Å². The number of hydrogen-bond donors (Lipinski definition) is 1. The van der Waals surface area contributed by atoms with Gasteiger partial charge in [0.05, 0.1) is 6.61 Å². The average molecular weight is 199 g/mol. The van der Waals surface area contributed by atoms with E-state index in [1.165, 1.54) is 32.1 Å². The van der Waals surface area contributed by atoms with Crippen LogP contribution in [0.5, 0.6) is 0 Å². The Morgan fingerprint density at radius 2 is 2.00 bits per heavy atom. The summed E-state index contributed by atoms with van der Waals surface area (Å²) in [5.74, 6) is 1.56. The summed E-state index contributed by atoms with van der Waals surface area (Å²) in [6, 6.07) is 0.264. The topological polar surface area (TPSA) is 35.2 Å². The molecular formula is C12H25NO. The molecule has 2 N–H and O–H groups in total. The van der Waals surface area contributed by atoms with E-state index in [-0.39, 0.29) is 6.04 Å². The Kier molecular flexibility index (Phi) is 5.49. The molecule has 0 heterocycles. The molecule has 0 aromatic carbocycles. The van der Waals surface area contributed by atoms with Crippen molar-refractivity contribution in [1.82, 2.24) is 0 Å². The maximum Gasteiger partial charge on any atom is 0.0620 e. The van der Waals surface area contributed by atoms with Gasteiger partial charge in [0.1, 0.15) is 0 Å². The van der Waals surface area contributed by atoms with Crippen molar-refractivity contribution in [2.75, 3.05) is 13.2 Å². The highest BCUT2D eigenvalue weighted by Crippen LogP contribution is 2.33. The number of ether oxygens (including phenoxy) is 1. The summed E-state index contributed by atoms with van der Waals surface area (Å²) in [7, 11) is 0. The quantitative estimate of drug-likeness (QED) is 0.738. The molecule has 0 amide bonds. The molecule has 1 rings (SSSR count). The third kappa shape index (κ3) is 3.25. The number of hydrogen-bond acceptors (Lipinski definition) is 2. The predicted octanol–water partition coefficient (Wildman–Crippen LogP) is 2.57. The van der Waals surface area contributed by atoms with Crippen LogP contribution in [-0.4, -0.2) is 19.3 Å². The Labute approximate surface area is 88.2 Å². The molecule has 0 aliphatic heterocycles. The van der Waals surface area contributed by atoms with Gasteiger partial charge in [-0.3, -0.25) is 0 Å². The molecule has 0 bridgehead atoms. The second-order valence-electron chi connectivity index (χ2n) is 4.44. The number of nitrogens with two attached hydrogens (primary N) is 1. The molecule has 3 unspecified atom stereocenters. The monoisotopic (exact) mass is 199 g/mol. The van der Waals surface area contributed by atoms with Crippen LogP contribution in [0.2, 0.25) is 0 Å². The van der Waals surface area contributed by atoms with Crippen LogP contribution in [0.15, 0.2) is 0 Å². The van der Waals surface area contributed by atoms with E-state index in [2.05, 4.69) is 6.92 Å². The minimum atomic E-state index is 0.264. The second-order valence-corrected chi connectivity index (χ2v) is 4.44. The molecule has 0 radical (unpaired) electrons. The summed E-state index contributed by atoms with van der Waals surface area (Å²) >= 11 is 0. The molecule has 14 heavy (non-hydrogen) atoms. The highest BCUT2D eigenvalue weighted by molar-refractivity contribution is 4.82. The van der Waals surface area contributed by atoms with Gasteiger partial charge in [0.15, 0.2) is 0 Å². The molecule has 1 saturated carbocycles. The van der Waals surface area contributed by atoms with E-state index in [9.17, 15) is 0 Å². The summed E-state index contributed by atoms with van der Waals surface area (Å²) in [6.07, 6.45) is 6.73. The molecule has 1 aliphatic carbocycles. The largest absolute Gasteiger partial charge is 0.380 e. The third-order valence-corrected chi connectivity index (χ3v) is 3.56. The summed E-state index contributed by atoms with van der Waals surface area (Å²) < 4.78 is 5.42. The van der Waals surface area contributed by atoms with E-state index in [1.54, 1.807) is 0 Å². The van der Waals surface area contributed by atoms with Crippen LogP contribution in [0.1, 0.15) is 46.0 Å². The molecule has 84 valence electrons. The summed E-state index contributed by atoms with van der Waals surface area (Å²) in [4.78, 5) is 0. The van der Waals surface area contributed by atoms with E-state index in [0.717, 1.165) is 19.1 Å². The molecule has 0 aromatic rings. The minimum absolute atomic E-state index is 0.264. The average Bonchev–Trinajstić information content (AvgIpc) is 2.25. The molecule has 0 spiro atoms. The molecule has 1 fully saturated rings. The first-order valence-corrected chi connectivity index (χ1v) is 6.12. The number of rotatable bonds is 5. The Balaban J connectivity index is 2.37. The van der Waals surface area contributed by atoms with Crippen molar-refractivity contribution in [3.8, 4) is 0 Å². The summed E-state index contributed by atoms with van der Waals surface area (Å²) in [5.41, 5.74) is 6.18. The van der Waals surface area contributed by atoms with Gasteiger partial charge >= 0.3 is 0 Å².